The number of benzene rings is 2. The normalized spacial score (nSPS) is 12.2. The van der Waals surface area contributed by atoms with Crippen molar-refractivity contribution in [1.29, 1.82) is 0 Å². The number of hydrogen-bond acceptors (Lipinski definition) is 3. The van der Waals surface area contributed by atoms with Crippen molar-refractivity contribution in [1.82, 2.24) is 4.98 Å². The average molecular weight is 362 g/mol. The number of rotatable bonds is 4. The Labute approximate surface area is 144 Å². The van der Waals surface area contributed by atoms with E-state index in [-0.39, 0.29) is 5.56 Å². The molecule has 0 saturated heterocycles. The quantitative estimate of drug-likeness (QED) is 0.653. The molecule has 1 unspecified atom stereocenters. The van der Waals surface area contributed by atoms with E-state index in [4.69, 9.17) is 0 Å². The molecule has 0 N–H and O–H groups in total. The van der Waals surface area contributed by atoms with Gasteiger partial charge < -0.3 is 4.55 Å². The molecule has 1 heterocycles. The van der Waals surface area contributed by atoms with Crippen molar-refractivity contribution in [2.45, 2.75) is 5.75 Å². The maximum atomic E-state index is 14.1. The van der Waals surface area contributed by atoms with Crippen LogP contribution in [-0.2, 0) is 16.8 Å². The van der Waals surface area contributed by atoms with E-state index < -0.39 is 34.3 Å². The highest BCUT2D eigenvalue weighted by atomic mass is 32.2. The molecule has 0 radical (unpaired) electrons. The van der Waals surface area contributed by atoms with E-state index in [0.717, 1.165) is 6.07 Å². The van der Waals surface area contributed by atoms with Gasteiger partial charge in [0.1, 0.15) is 17.5 Å². The summed E-state index contributed by atoms with van der Waals surface area (Å²) in [4.78, 5) is 3.98. The van der Waals surface area contributed by atoms with Gasteiger partial charge in [0, 0.05) is 29.8 Å². The van der Waals surface area contributed by atoms with Crippen molar-refractivity contribution in [2.75, 3.05) is 0 Å². The fourth-order valence-electron chi connectivity index (χ4n) is 2.54. The van der Waals surface area contributed by atoms with Gasteiger partial charge in [0.05, 0.1) is 0 Å². The van der Waals surface area contributed by atoms with E-state index in [1.54, 1.807) is 12.1 Å². The molecule has 0 bridgehead atoms. The summed E-state index contributed by atoms with van der Waals surface area (Å²) in [6.45, 7) is 0. The van der Waals surface area contributed by atoms with E-state index >= 15 is 0 Å². The molecule has 0 aliphatic carbocycles. The Morgan fingerprint density at radius 3 is 2.28 bits per heavy atom. The Bertz CT molecular complexity index is 943. The van der Waals surface area contributed by atoms with Crippen LogP contribution in [0, 0.1) is 17.5 Å². The number of halogens is 3. The first-order valence-corrected chi connectivity index (χ1v) is 8.43. The minimum atomic E-state index is -2.40. The summed E-state index contributed by atoms with van der Waals surface area (Å²) >= 11 is -2.40. The van der Waals surface area contributed by atoms with Crippen LogP contribution in [0.2, 0.25) is 0 Å². The van der Waals surface area contributed by atoms with Crippen LogP contribution in [-0.4, -0.2) is 13.7 Å². The molecule has 128 valence electrons. The summed E-state index contributed by atoms with van der Waals surface area (Å²) in [7, 11) is 0. The van der Waals surface area contributed by atoms with Crippen LogP contribution in [0.5, 0.6) is 0 Å². The first-order chi connectivity index (χ1) is 11.9. The molecule has 3 rings (SSSR count). The second-order valence-corrected chi connectivity index (χ2v) is 6.23. The maximum absolute atomic E-state index is 14.1. The molecule has 3 aromatic rings. The van der Waals surface area contributed by atoms with Gasteiger partial charge in [-0.05, 0) is 46.5 Å². The van der Waals surface area contributed by atoms with E-state index in [1.165, 1.54) is 36.7 Å². The van der Waals surface area contributed by atoms with Gasteiger partial charge in [-0.2, -0.15) is 0 Å². The fourth-order valence-corrected chi connectivity index (χ4v) is 3.03. The summed E-state index contributed by atoms with van der Waals surface area (Å²) < 4.78 is 62.6. The number of pyridine rings is 1. The lowest BCUT2D eigenvalue weighted by Crippen LogP contribution is -1.97. The molecule has 1 aromatic heterocycles. The highest BCUT2D eigenvalue weighted by molar-refractivity contribution is 7.78. The third-order valence-corrected chi connectivity index (χ3v) is 4.18. The molecular formula is C18H11F3NO2S-. The zero-order chi connectivity index (χ0) is 18.0. The second kappa shape index (κ2) is 7.16. The standard InChI is InChI=1S/C18H12F3NO2S/c19-14-5-13(6-15(20)8-14)16-3-4-22-9-17(16)11-1-2-12(10-25(23)24)18(21)7-11/h1-9H,10H2,(H,23,24)/p-1. The molecule has 1 atom stereocenters. The van der Waals surface area contributed by atoms with Crippen LogP contribution >= 0.6 is 0 Å². The fraction of sp³-hybridized carbons (Fsp3) is 0.0556. The van der Waals surface area contributed by atoms with Crippen molar-refractivity contribution >= 4 is 11.1 Å². The first-order valence-electron chi connectivity index (χ1n) is 7.19. The maximum Gasteiger partial charge on any atom is 0.127 e. The molecule has 0 aliphatic heterocycles. The van der Waals surface area contributed by atoms with Gasteiger partial charge in [0.25, 0.3) is 0 Å². The summed E-state index contributed by atoms with van der Waals surface area (Å²) in [5.41, 5.74) is 1.71. The van der Waals surface area contributed by atoms with E-state index in [1.807, 2.05) is 0 Å². The third-order valence-electron chi connectivity index (χ3n) is 3.63. The Balaban J connectivity index is 2.10. The van der Waals surface area contributed by atoms with Crippen LogP contribution in [0.15, 0.2) is 54.9 Å². The van der Waals surface area contributed by atoms with E-state index in [0.29, 0.717) is 22.3 Å². The van der Waals surface area contributed by atoms with Crippen LogP contribution in [0.25, 0.3) is 22.3 Å². The highest BCUT2D eigenvalue weighted by Gasteiger charge is 2.12. The number of aromatic nitrogens is 1. The van der Waals surface area contributed by atoms with Crippen molar-refractivity contribution in [3.05, 3.63) is 77.9 Å². The topological polar surface area (TPSA) is 53.0 Å². The van der Waals surface area contributed by atoms with Crippen molar-refractivity contribution in [2.24, 2.45) is 0 Å². The molecule has 3 nitrogen and oxygen atoms in total. The van der Waals surface area contributed by atoms with Gasteiger partial charge >= 0.3 is 0 Å². The van der Waals surface area contributed by atoms with Gasteiger partial charge in [-0.1, -0.05) is 23.2 Å². The lowest BCUT2D eigenvalue weighted by molar-refractivity contribution is 0.533. The molecule has 0 amide bonds. The minimum Gasteiger partial charge on any atom is -0.772 e. The minimum absolute atomic E-state index is 0.0410. The summed E-state index contributed by atoms with van der Waals surface area (Å²) in [5, 5.41) is 0. The Kier molecular flexibility index (Phi) is 4.96. The molecule has 0 saturated carbocycles. The smallest absolute Gasteiger partial charge is 0.127 e. The van der Waals surface area contributed by atoms with Crippen LogP contribution in [0.4, 0.5) is 13.2 Å². The molecule has 2 aromatic carbocycles. The van der Waals surface area contributed by atoms with Gasteiger partial charge in [0.2, 0.25) is 0 Å². The Morgan fingerprint density at radius 2 is 1.64 bits per heavy atom. The van der Waals surface area contributed by atoms with E-state index in [2.05, 4.69) is 4.98 Å². The molecular weight excluding hydrogens is 351 g/mol. The summed E-state index contributed by atoms with van der Waals surface area (Å²) in [5.74, 6) is -2.56. The zero-order valence-electron chi connectivity index (χ0n) is 12.7. The number of nitrogens with zero attached hydrogens (tertiary/aromatic N) is 1. The monoisotopic (exact) mass is 362 g/mol. The van der Waals surface area contributed by atoms with Gasteiger partial charge in [-0.25, -0.2) is 13.2 Å². The summed E-state index contributed by atoms with van der Waals surface area (Å²) in [6.07, 6.45) is 2.92. The van der Waals surface area contributed by atoms with Crippen LogP contribution in [0.3, 0.4) is 0 Å². The third kappa shape index (κ3) is 3.94. The highest BCUT2D eigenvalue weighted by Crippen LogP contribution is 2.33. The SMILES string of the molecule is O=S([O-])Cc1ccc(-c2cnccc2-c2cc(F)cc(F)c2)cc1F. The van der Waals surface area contributed by atoms with Crippen LogP contribution in [0.1, 0.15) is 5.56 Å². The van der Waals surface area contributed by atoms with Crippen molar-refractivity contribution < 1.29 is 21.9 Å². The first kappa shape index (κ1) is 17.3. The summed E-state index contributed by atoms with van der Waals surface area (Å²) in [6, 6.07) is 8.77. The van der Waals surface area contributed by atoms with Gasteiger partial charge in [-0.15, -0.1) is 0 Å². The molecule has 7 heteroatoms. The molecule has 0 spiro atoms. The predicted molar refractivity (Wildman–Crippen MR) is 87.6 cm³/mol. The number of hydrogen-bond donors (Lipinski definition) is 0. The molecule has 0 fully saturated rings. The molecule has 25 heavy (non-hydrogen) atoms. The van der Waals surface area contributed by atoms with Gasteiger partial charge in [0.15, 0.2) is 0 Å². The average Bonchev–Trinajstić information content (AvgIpc) is 2.55. The van der Waals surface area contributed by atoms with Crippen molar-refractivity contribution in [3.63, 3.8) is 0 Å². The lowest BCUT2D eigenvalue weighted by atomic mass is 9.96. The van der Waals surface area contributed by atoms with Crippen molar-refractivity contribution in [3.8, 4) is 22.3 Å². The predicted octanol–water partition coefficient (Wildman–Crippen LogP) is 4.21. The largest absolute Gasteiger partial charge is 0.772 e. The zero-order valence-corrected chi connectivity index (χ0v) is 13.5. The second-order valence-electron chi connectivity index (χ2n) is 5.33. The Hall–Kier alpha value is -2.51. The van der Waals surface area contributed by atoms with Crippen LogP contribution < -0.4 is 0 Å². The molecule has 0 aliphatic rings. The Morgan fingerprint density at radius 1 is 0.920 bits per heavy atom. The van der Waals surface area contributed by atoms with E-state index in [9.17, 15) is 21.9 Å². The van der Waals surface area contributed by atoms with Gasteiger partial charge in [-0.3, -0.25) is 9.19 Å². The lowest BCUT2D eigenvalue weighted by Gasteiger charge is -2.12.